The Kier molecular flexibility index (Phi) is 4.51. The first kappa shape index (κ1) is 14.3. The fraction of sp³-hybridized carbons (Fsp3) is 0.235. The van der Waals surface area contributed by atoms with Crippen LogP contribution in [0.25, 0.3) is 0 Å². The molecule has 0 spiro atoms. The molecule has 0 heterocycles. The van der Waals surface area contributed by atoms with Crippen LogP contribution in [0, 0.1) is 5.82 Å². The van der Waals surface area contributed by atoms with Crippen LogP contribution >= 0.6 is 0 Å². The molecule has 104 valence electrons. The molecule has 2 aromatic carbocycles. The second kappa shape index (κ2) is 6.33. The molecular weight excluding hydrogens is 253 g/mol. The van der Waals surface area contributed by atoms with E-state index in [1.165, 1.54) is 6.07 Å². The maximum Gasteiger partial charge on any atom is 0.150 e. The van der Waals surface area contributed by atoms with Crippen molar-refractivity contribution in [1.82, 2.24) is 0 Å². The van der Waals surface area contributed by atoms with Crippen molar-refractivity contribution in [3.05, 3.63) is 65.5 Å². The van der Waals surface area contributed by atoms with E-state index in [1.54, 1.807) is 12.1 Å². The van der Waals surface area contributed by atoms with Gasteiger partial charge in [-0.2, -0.15) is 0 Å². The summed E-state index contributed by atoms with van der Waals surface area (Å²) in [6, 6.07) is 14.7. The Balaban J connectivity index is 2.31. The van der Waals surface area contributed by atoms with Crippen LogP contribution in [0.3, 0.4) is 0 Å². The number of hydrogen-bond donors (Lipinski definition) is 0. The van der Waals surface area contributed by atoms with E-state index in [-0.39, 0.29) is 11.9 Å². The Morgan fingerprint density at radius 1 is 1.15 bits per heavy atom. The Morgan fingerprint density at radius 2 is 1.85 bits per heavy atom. The molecule has 0 aliphatic heterocycles. The molecule has 2 aromatic rings. The maximum atomic E-state index is 14.1. The molecule has 20 heavy (non-hydrogen) atoms. The molecule has 0 saturated heterocycles. The number of aldehydes is 1. The van der Waals surface area contributed by atoms with Crippen molar-refractivity contribution in [2.75, 3.05) is 4.90 Å². The van der Waals surface area contributed by atoms with Crippen LogP contribution < -0.4 is 4.90 Å². The highest BCUT2D eigenvalue weighted by molar-refractivity contribution is 5.76. The maximum absolute atomic E-state index is 14.1. The van der Waals surface area contributed by atoms with Gasteiger partial charge < -0.3 is 4.90 Å². The predicted molar refractivity (Wildman–Crippen MR) is 79.5 cm³/mol. The summed E-state index contributed by atoms with van der Waals surface area (Å²) in [5.41, 5.74) is 2.00. The zero-order valence-corrected chi connectivity index (χ0v) is 11.7. The van der Waals surface area contributed by atoms with Gasteiger partial charge in [0.15, 0.2) is 0 Å². The largest absolute Gasteiger partial charge is 0.362 e. The second-order valence-corrected chi connectivity index (χ2v) is 5.04. The summed E-state index contributed by atoms with van der Waals surface area (Å²) in [4.78, 5) is 12.7. The lowest BCUT2D eigenvalue weighted by molar-refractivity contribution is 0.112. The summed E-state index contributed by atoms with van der Waals surface area (Å²) in [6.45, 7) is 4.68. The first-order valence-corrected chi connectivity index (χ1v) is 6.67. The van der Waals surface area contributed by atoms with E-state index in [2.05, 4.69) is 0 Å². The van der Waals surface area contributed by atoms with Crippen LogP contribution in [0.2, 0.25) is 0 Å². The van der Waals surface area contributed by atoms with E-state index in [0.717, 1.165) is 5.56 Å². The molecule has 0 fully saturated rings. The van der Waals surface area contributed by atoms with Crippen molar-refractivity contribution < 1.29 is 9.18 Å². The van der Waals surface area contributed by atoms with Crippen LogP contribution in [-0.2, 0) is 6.54 Å². The summed E-state index contributed by atoms with van der Waals surface area (Å²) >= 11 is 0. The number of halogens is 1. The predicted octanol–water partition coefficient (Wildman–Crippen LogP) is 4.05. The van der Waals surface area contributed by atoms with Crippen LogP contribution in [-0.4, -0.2) is 12.3 Å². The monoisotopic (exact) mass is 271 g/mol. The van der Waals surface area contributed by atoms with E-state index < -0.39 is 0 Å². The van der Waals surface area contributed by atoms with Crippen molar-refractivity contribution in [1.29, 1.82) is 0 Å². The number of anilines is 1. The average Bonchev–Trinajstić information content (AvgIpc) is 2.46. The number of rotatable bonds is 5. The van der Waals surface area contributed by atoms with Gasteiger partial charge in [-0.05, 0) is 37.6 Å². The minimum Gasteiger partial charge on any atom is -0.362 e. The zero-order chi connectivity index (χ0) is 14.5. The minimum atomic E-state index is -0.362. The molecule has 0 radical (unpaired) electrons. The van der Waals surface area contributed by atoms with Crippen molar-refractivity contribution in [3.63, 3.8) is 0 Å². The van der Waals surface area contributed by atoms with Gasteiger partial charge in [0.1, 0.15) is 12.1 Å². The Hall–Kier alpha value is -2.16. The van der Waals surface area contributed by atoms with Gasteiger partial charge >= 0.3 is 0 Å². The van der Waals surface area contributed by atoms with Crippen molar-refractivity contribution in [2.24, 2.45) is 0 Å². The molecule has 0 N–H and O–H groups in total. The normalized spacial score (nSPS) is 10.6. The van der Waals surface area contributed by atoms with Crippen LogP contribution in [0.15, 0.2) is 48.5 Å². The van der Waals surface area contributed by atoms with Gasteiger partial charge in [0.2, 0.25) is 0 Å². The molecule has 2 nitrogen and oxygen atoms in total. The third kappa shape index (κ3) is 3.23. The van der Waals surface area contributed by atoms with E-state index in [1.807, 2.05) is 49.1 Å². The number of benzene rings is 2. The highest BCUT2D eigenvalue weighted by Gasteiger charge is 2.15. The third-order valence-corrected chi connectivity index (χ3v) is 3.24. The lowest BCUT2D eigenvalue weighted by Crippen LogP contribution is -2.30. The number of carbonyl (C=O) groups excluding carboxylic acids is 1. The lowest BCUT2D eigenvalue weighted by Gasteiger charge is -2.29. The van der Waals surface area contributed by atoms with E-state index in [4.69, 9.17) is 0 Å². The summed E-state index contributed by atoms with van der Waals surface area (Å²) in [5, 5.41) is 0. The highest BCUT2D eigenvalue weighted by atomic mass is 19.1. The standard InChI is InChI=1S/C17H18FNO/c1-13(2)19(11-14-6-4-3-5-7-14)17-9-8-15(12-20)10-16(17)18/h3-10,12-13H,11H2,1-2H3. The topological polar surface area (TPSA) is 20.3 Å². The number of hydrogen-bond acceptors (Lipinski definition) is 2. The molecular formula is C17H18FNO. The van der Waals surface area contributed by atoms with Gasteiger partial charge in [0.05, 0.1) is 5.69 Å². The molecule has 0 aliphatic rings. The summed E-state index contributed by atoms with van der Waals surface area (Å²) < 4.78 is 14.1. The van der Waals surface area contributed by atoms with Gasteiger partial charge in [-0.15, -0.1) is 0 Å². The van der Waals surface area contributed by atoms with E-state index in [9.17, 15) is 9.18 Å². The van der Waals surface area contributed by atoms with Crippen molar-refractivity contribution in [3.8, 4) is 0 Å². The van der Waals surface area contributed by atoms with Gasteiger partial charge in [-0.25, -0.2) is 4.39 Å². The SMILES string of the molecule is CC(C)N(Cc1ccccc1)c1ccc(C=O)cc1F. The molecule has 0 atom stereocenters. The Morgan fingerprint density at radius 3 is 2.40 bits per heavy atom. The number of nitrogens with zero attached hydrogens (tertiary/aromatic N) is 1. The van der Waals surface area contributed by atoms with E-state index >= 15 is 0 Å². The minimum absolute atomic E-state index is 0.159. The zero-order valence-electron chi connectivity index (χ0n) is 11.7. The molecule has 2 rings (SSSR count). The Labute approximate surface area is 118 Å². The summed E-state index contributed by atoms with van der Waals surface area (Å²) in [5.74, 6) is -0.362. The second-order valence-electron chi connectivity index (χ2n) is 5.04. The van der Waals surface area contributed by atoms with Crippen molar-refractivity contribution in [2.45, 2.75) is 26.4 Å². The highest BCUT2D eigenvalue weighted by Crippen LogP contribution is 2.24. The first-order valence-electron chi connectivity index (χ1n) is 6.67. The molecule has 0 saturated carbocycles. The van der Waals surface area contributed by atoms with Crippen LogP contribution in [0.4, 0.5) is 10.1 Å². The smallest absolute Gasteiger partial charge is 0.150 e. The Bertz CT molecular complexity index is 581. The lowest BCUT2D eigenvalue weighted by atomic mass is 10.1. The van der Waals surface area contributed by atoms with Gasteiger partial charge in [-0.1, -0.05) is 30.3 Å². The molecule has 0 aromatic heterocycles. The van der Waals surface area contributed by atoms with Gasteiger partial charge in [0.25, 0.3) is 0 Å². The molecule has 0 aliphatic carbocycles. The van der Waals surface area contributed by atoms with Crippen molar-refractivity contribution >= 4 is 12.0 Å². The number of carbonyl (C=O) groups is 1. The van der Waals surface area contributed by atoms with E-state index in [0.29, 0.717) is 24.1 Å². The molecule has 3 heteroatoms. The average molecular weight is 271 g/mol. The van der Waals surface area contributed by atoms with Gasteiger partial charge in [0, 0.05) is 18.2 Å². The van der Waals surface area contributed by atoms with Gasteiger partial charge in [-0.3, -0.25) is 4.79 Å². The summed E-state index contributed by atoms with van der Waals surface area (Å²) in [6.07, 6.45) is 0.657. The van der Waals surface area contributed by atoms with Crippen LogP contribution in [0.5, 0.6) is 0 Å². The summed E-state index contributed by atoms with van der Waals surface area (Å²) in [7, 11) is 0. The first-order chi connectivity index (χ1) is 9.61. The third-order valence-electron chi connectivity index (χ3n) is 3.24. The molecule has 0 bridgehead atoms. The molecule has 0 amide bonds. The quantitative estimate of drug-likeness (QED) is 0.764. The fourth-order valence-corrected chi connectivity index (χ4v) is 2.16. The fourth-order valence-electron chi connectivity index (χ4n) is 2.16. The van der Waals surface area contributed by atoms with Crippen LogP contribution in [0.1, 0.15) is 29.8 Å². The molecule has 0 unspecified atom stereocenters.